The Hall–Kier alpha value is -1.56. The number of carbonyl (C=O) groups is 2. The van der Waals surface area contributed by atoms with Gasteiger partial charge in [-0.2, -0.15) is 0 Å². The summed E-state index contributed by atoms with van der Waals surface area (Å²) in [5, 5.41) is 11.9. The molecular weight excluding hydrogens is 300 g/mol. The molecule has 0 radical (unpaired) electrons. The molecule has 0 spiro atoms. The van der Waals surface area contributed by atoms with E-state index in [-0.39, 0.29) is 6.42 Å². The second-order valence-corrected chi connectivity index (χ2v) is 5.49. The summed E-state index contributed by atoms with van der Waals surface area (Å²) < 4.78 is 0.664. The van der Waals surface area contributed by atoms with Crippen molar-refractivity contribution in [3.05, 3.63) is 28.2 Å². The molecule has 1 aromatic carbocycles. The van der Waals surface area contributed by atoms with Crippen molar-refractivity contribution >= 4 is 33.5 Å². The van der Waals surface area contributed by atoms with Crippen LogP contribution < -0.4 is 11.1 Å². The van der Waals surface area contributed by atoms with E-state index < -0.39 is 17.4 Å². The van der Waals surface area contributed by atoms with Crippen molar-refractivity contribution in [2.75, 3.05) is 5.32 Å². The van der Waals surface area contributed by atoms with Crippen LogP contribution in [0.3, 0.4) is 0 Å². The number of carbonyl (C=O) groups excluding carboxylic acids is 1. The van der Waals surface area contributed by atoms with Gasteiger partial charge in [-0.3, -0.25) is 9.59 Å². The number of hydrogen-bond donors (Lipinski definition) is 3. The summed E-state index contributed by atoms with van der Waals surface area (Å²) in [6, 6.07) is 4.88. The number of hydrogen-bond acceptors (Lipinski definition) is 3. The monoisotopic (exact) mass is 314 g/mol. The topological polar surface area (TPSA) is 92.4 Å². The van der Waals surface area contributed by atoms with E-state index in [0.717, 1.165) is 0 Å². The second-order valence-electron chi connectivity index (χ2n) is 4.64. The molecule has 4 N–H and O–H groups in total. The fourth-order valence-corrected chi connectivity index (χ4v) is 2.03. The molecule has 18 heavy (non-hydrogen) atoms. The Morgan fingerprint density at radius 3 is 2.50 bits per heavy atom. The molecule has 0 unspecified atom stereocenters. The van der Waals surface area contributed by atoms with Crippen LogP contribution in [-0.2, 0) is 4.79 Å². The molecule has 1 rings (SSSR count). The highest BCUT2D eigenvalue weighted by Crippen LogP contribution is 2.27. The maximum Gasteiger partial charge on any atom is 0.305 e. The zero-order valence-electron chi connectivity index (χ0n) is 10.2. The Labute approximate surface area is 113 Å². The lowest BCUT2D eigenvalue weighted by molar-refractivity contribution is -0.137. The van der Waals surface area contributed by atoms with Gasteiger partial charge in [0.15, 0.2) is 0 Å². The third-order valence-corrected chi connectivity index (χ3v) is 2.98. The first kappa shape index (κ1) is 14.5. The van der Waals surface area contributed by atoms with Gasteiger partial charge in [0.05, 0.1) is 6.42 Å². The summed E-state index contributed by atoms with van der Waals surface area (Å²) in [7, 11) is 0. The molecule has 0 aliphatic rings. The molecule has 0 fully saturated rings. The minimum Gasteiger partial charge on any atom is -0.481 e. The fourth-order valence-electron chi connectivity index (χ4n) is 1.56. The number of halogens is 1. The summed E-state index contributed by atoms with van der Waals surface area (Å²) in [5.41, 5.74) is 5.68. The molecule has 5 nitrogen and oxygen atoms in total. The number of primary amides is 1. The van der Waals surface area contributed by atoms with Gasteiger partial charge in [0.1, 0.15) is 0 Å². The smallest absolute Gasteiger partial charge is 0.305 e. The fraction of sp³-hybridized carbons (Fsp3) is 0.333. The summed E-state index contributed by atoms with van der Waals surface area (Å²) in [6.45, 7) is 3.57. The Balaban J connectivity index is 2.92. The molecule has 1 amide bonds. The predicted molar refractivity (Wildman–Crippen MR) is 72.6 cm³/mol. The van der Waals surface area contributed by atoms with E-state index in [1.54, 1.807) is 32.0 Å². The average Bonchev–Trinajstić information content (AvgIpc) is 2.18. The minimum atomic E-state index is -0.877. The lowest BCUT2D eigenvalue weighted by Crippen LogP contribution is -2.33. The lowest BCUT2D eigenvalue weighted by Gasteiger charge is -2.26. The Morgan fingerprint density at radius 2 is 2.06 bits per heavy atom. The van der Waals surface area contributed by atoms with Crippen LogP contribution in [0.1, 0.15) is 30.6 Å². The van der Waals surface area contributed by atoms with Crippen molar-refractivity contribution in [2.24, 2.45) is 5.73 Å². The standard InChI is InChI=1S/C12H15BrN2O3/c1-12(2,6-10(16)17)15-9-4-3-7(11(14)18)5-8(9)13/h3-5,15H,6H2,1-2H3,(H2,14,18)(H,16,17). The first-order valence-electron chi connectivity index (χ1n) is 5.30. The Morgan fingerprint density at radius 1 is 1.44 bits per heavy atom. The van der Waals surface area contributed by atoms with Crippen LogP contribution in [0.2, 0.25) is 0 Å². The maximum atomic E-state index is 11.0. The van der Waals surface area contributed by atoms with Gasteiger partial charge in [-0.05, 0) is 48.0 Å². The van der Waals surface area contributed by atoms with Crippen molar-refractivity contribution < 1.29 is 14.7 Å². The highest BCUT2D eigenvalue weighted by molar-refractivity contribution is 9.10. The molecule has 0 atom stereocenters. The maximum absolute atomic E-state index is 11.0. The van der Waals surface area contributed by atoms with Crippen LogP contribution in [0.4, 0.5) is 5.69 Å². The molecule has 0 aromatic heterocycles. The highest BCUT2D eigenvalue weighted by atomic mass is 79.9. The number of carboxylic acid groups (broad SMARTS) is 1. The van der Waals surface area contributed by atoms with E-state index in [0.29, 0.717) is 15.7 Å². The van der Waals surface area contributed by atoms with Gasteiger partial charge >= 0.3 is 5.97 Å². The molecule has 0 aliphatic carbocycles. The largest absolute Gasteiger partial charge is 0.481 e. The van der Waals surface area contributed by atoms with Gasteiger partial charge < -0.3 is 16.2 Å². The minimum absolute atomic E-state index is 0.0169. The first-order chi connectivity index (χ1) is 8.21. The van der Waals surface area contributed by atoms with Gasteiger partial charge in [-0.15, -0.1) is 0 Å². The van der Waals surface area contributed by atoms with E-state index in [4.69, 9.17) is 10.8 Å². The molecule has 0 bridgehead atoms. The van der Waals surface area contributed by atoms with E-state index in [2.05, 4.69) is 21.2 Å². The summed E-state index contributed by atoms with van der Waals surface area (Å²) in [6.07, 6.45) is -0.0169. The van der Waals surface area contributed by atoms with Crippen LogP contribution in [-0.4, -0.2) is 22.5 Å². The van der Waals surface area contributed by atoms with Crippen molar-refractivity contribution in [2.45, 2.75) is 25.8 Å². The molecule has 98 valence electrons. The van der Waals surface area contributed by atoms with Gasteiger partial charge in [0.2, 0.25) is 5.91 Å². The quantitative estimate of drug-likeness (QED) is 0.777. The van der Waals surface area contributed by atoms with Crippen molar-refractivity contribution in [3.63, 3.8) is 0 Å². The third-order valence-electron chi connectivity index (χ3n) is 2.32. The number of nitrogens with one attached hydrogen (secondary N) is 1. The molecular formula is C12H15BrN2O3. The Bertz CT molecular complexity index is 486. The second kappa shape index (κ2) is 5.39. The van der Waals surface area contributed by atoms with Gasteiger partial charge in [0.25, 0.3) is 0 Å². The third kappa shape index (κ3) is 4.03. The Kier molecular flexibility index (Phi) is 4.34. The van der Waals surface area contributed by atoms with Crippen LogP contribution in [0.15, 0.2) is 22.7 Å². The zero-order valence-corrected chi connectivity index (χ0v) is 11.7. The number of rotatable bonds is 5. The van der Waals surface area contributed by atoms with Gasteiger partial charge in [-0.1, -0.05) is 0 Å². The number of anilines is 1. The van der Waals surface area contributed by atoms with Crippen LogP contribution in [0, 0.1) is 0 Å². The SMILES string of the molecule is CC(C)(CC(=O)O)Nc1ccc(C(N)=O)cc1Br. The van der Waals surface area contributed by atoms with E-state index >= 15 is 0 Å². The molecule has 6 heteroatoms. The summed E-state index contributed by atoms with van der Waals surface area (Å²) in [5.74, 6) is -1.38. The average molecular weight is 315 g/mol. The molecule has 0 saturated heterocycles. The zero-order chi connectivity index (χ0) is 13.9. The van der Waals surface area contributed by atoms with Gasteiger partial charge in [-0.25, -0.2) is 0 Å². The number of carboxylic acids is 1. The molecule has 1 aromatic rings. The number of benzene rings is 1. The van der Waals surface area contributed by atoms with E-state index in [1.165, 1.54) is 0 Å². The van der Waals surface area contributed by atoms with Crippen molar-refractivity contribution in [3.8, 4) is 0 Å². The number of amides is 1. The molecule has 0 heterocycles. The summed E-state index contributed by atoms with van der Waals surface area (Å²) >= 11 is 3.32. The normalized spacial score (nSPS) is 11.1. The van der Waals surface area contributed by atoms with Crippen molar-refractivity contribution in [1.82, 2.24) is 0 Å². The highest BCUT2D eigenvalue weighted by Gasteiger charge is 2.22. The molecule has 0 aliphatic heterocycles. The van der Waals surface area contributed by atoms with Gasteiger partial charge in [0, 0.05) is 21.3 Å². The lowest BCUT2D eigenvalue weighted by atomic mass is 10.00. The number of aliphatic carboxylic acids is 1. The van der Waals surface area contributed by atoms with E-state index in [9.17, 15) is 9.59 Å². The molecule has 0 saturated carbocycles. The number of nitrogens with two attached hydrogens (primary N) is 1. The van der Waals surface area contributed by atoms with Crippen LogP contribution in [0.5, 0.6) is 0 Å². The van der Waals surface area contributed by atoms with Crippen LogP contribution >= 0.6 is 15.9 Å². The van der Waals surface area contributed by atoms with Crippen molar-refractivity contribution in [1.29, 1.82) is 0 Å². The predicted octanol–water partition coefficient (Wildman–Crippen LogP) is 2.21. The summed E-state index contributed by atoms with van der Waals surface area (Å²) in [4.78, 5) is 21.7. The van der Waals surface area contributed by atoms with Crippen LogP contribution in [0.25, 0.3) is 0 Å². The first-order valence-corrected chi connectivity index (χ1v) is 6.10. The van der Waals surface area contributed by atoms with E-state index in [1.807, 2.05) is 0 Å².